The number of hydrogen-bond acceptors (Lipinski definition) is 1. The van der Waals surface area contributed by atoms with Crippen molar-refractivity contribution in [1.29, 1.82) is 0 Å². The number of hydrogen-bond donors (Lipinski definition) is 1. The molecular formula is C10H16O. The molecule has 11 heavy (non-hydrogen) atoms. The quantitative estimate of drug-likeness (QED) is 0.569. The van der Waals surface area contributed by atoms with Crippen LogP contribution in [0.4, 0.5) is 0 Å². The van der Waals surface area contributed by atoms with Gasteiger partial charge in [0.25, 0.3) is 0 Å². The van der Waals surface area contributed by atoms with Gasteiger partial charge in [0.15, 0.2) is 0 Å². The third-order valence-electron chi connectivity index (χ3n) is 1.52. The largest absolute Gasteiger partial charge is 0.388 e. The Kier molecular flexibility index (Phi) is 3.35. The van der Waals surface area contributed by atoms with Crippen molar-refractivity contribution in [3.63, 3.8) is 0 Å². The second-order valence-electron chi connectivity index (χ2n) is 3.80. The minimum atomic E-state index is -0.460. The van der Waals surface area contributed by atoms with E-state index in [4.69, 9.17) is 6.42 Å². The predicted octanol–water partition coefficient (Wildman–Crippen LogP) is 1.97. The highest BCUT2D eigenvalue weighted by Gasteiger charge is 2.19. The molecule has 0 saturated carbocycles. The minimum Gasteiger partial charge on any atom is -0.388 e. The molecule has 0 fully saturated rings. The molecule has 0 aliphatic carbocycles. The Balaban J connectivity index is 4.32. The highest BCUT2D eigenvalue weighted by Crippen LogP contribution is 2.20. The Bertz CT molecular complexity index is 188. The summed E-state index contributed by atoms with van der Waals surface area (Å²) in [5.41, 5.74) is 0.658. The molecule has 0 spiro atoms. The molecule has 0 aliphatic rings. The topological polar surface area (TPSA) is 20.2 Å². The van der Waals surface area contributed by atoms with Gasteiger partial charge >= 0.3 is 0 Å². The molecule has 1 unspecified atom stereocenters. The van der Waals surface area contributed by atoms with Crippen molar-refractivity contribution >= 4 is 0 Å². The van der Waals surface area contributed by atoms with Crippen LogP contribution in [0.15, 0.2) is 11.6 Å². The lowest BCUT2D eigenvalue weighted by Gasteiger charge is -2.22. The summed E-state index contributed by atoms with van der Waals surface area (Å²) in [4.78, 5) is 0. The Labute approximate surface area is 69.1 Å². The SMILES string of the molecule is C#C/C(C)=C/C(O)C(C)(C)C. The zero-order valence-corrected chi connectivity index (χ0v) is 7.68. The molecule has 1 N–H and O–H groups in total. The maximum atomic E-state index is 9.52. The molecular weight excluding hydrogens is 136 g/mol. The highest BCUT2D eigenvalue weighted by molar-refractivity contribution is 5.24. The Morgan fingerprint density at radius 1 is 1.55 bits per heavy atom. The summed E-state index contributed by atoms with van der Waals surface area (Å²) in [7, 11) is 0. The van der Waals surface area contributed by atoms with Crippen LogP contribution in [-0.2, 0) is 0 Å². The van der Waals surface area contributed by atoms with Crippen LogP contribution >= 0.6 is 0 Å². The van der Waals surface area contributed by atoms with E-state index in [-0.39, 0.29) is 5.41 Å². The third-order valence-corrected chi connectivity index (χ3v) is 1.52. The zero-order chi connectivity index (χ0) is 9.07. The lowest BCUT2D eigenvalue weighted by molar-refractivity contribution is 0.105. The van der Waals surface area contributed by atoms with Crippen LogP contribution in [0.1, 0.15) is 27.7 Å². The van der Waals surface area contributed by atoms with Gasteiger partial charge in [-0.25, -0.2) is 0 Å². The van der Waals surface area contributed by atoms with Gasteiger partial charge in [0.1, 0.15) is 0 Å². The summed E-state index contributed by atoms with van der Waals surface area (Å²) >= 11 is 0. The van der Waals surface area contributed by atoms with Gasteiger partial charge in [0.05, 0.1) is 6.10 Å². The fourth-order valence-electron chi connectivity index (χ4n) is 0.535. The molecule has 0 radical (unpaired) electrons. The van der Waals surface area contributed by atoms with Crippen molar-refractivity contribution in [2.45, 2.75) is 33.8 Å². The number of aliphatic hydroxyl groups excluding tert-OH is 1. The second kappa shape index (κ2) is 3.59. The van der Waals surface area contributed by atoms with Crippen LogP contribution in [0.2, 0.25) is 0 Å². The van der Waals surface area contributed by atoms with Gasteiger partial charge in [0.2, 0.25) is 0 Å². The van der Waals surface area contributed by atoms with Crippen molar-refractivity contribution in [3.05, 3.63) is 11.6 Å². The van der Waals surface area contributed by atoms with Gasteiger partial charge in [-0.05, 0) is 24.0 Å². The molecule has 0 aromatic carbocycles. The van der Waals surface area contributed by atoms with E-state index in [9.17, 15) is 5.11 Å². The maximum Gasteiger partial charge on any atom is 0.0780 e. The van der Waals surface area contributed by atoms with Gasteiger partial charge in [-0.2, -0.15) is 0 Å². The first-order chi connectivity index (χ1) is 4.88. The fourth-order valence-corrected chi connectivity index (χ4v) is 0.535. The molecule has 1 atom stereocenters. The number of terminal acetylenes is 1. The van der Waals surface area contributed by atoms with Crippen molar-refractivity contribution in [1.82, 2.24) is 0 Å². The highest BCUT2D eigenvalue weighted by atomic mass is 16.3. The first-order valence-electron chi connectivity index (χ1n) is 3.71. The Morgan fingerprint density at radius 3 is 2.27 bits per heavy atom. The van der Waals surface area contributed by atoms with Gasteiger partial charge in [0, 0.05) is 0 Å². The molecule has 0 aliphatic heterocycles. The lowest BCUT2D eigenvalue weighted by Crippen LogP contribution is -2.23. The van der Waals surface area contributed by atoms with E-state index in [2.05, 4.69) is 5.92 Å². The maximum absolute atomic E-state index is 9.52. The summed E-state index contributed by atoms with van der Waals surface area (Å²) in [5.74, 6) is 2.47. The van der Waals surface area contributed by atoms with Crippen LogP contribution in [-0.4, -0.2) is 11.2 Å². The first kappa shape index (κ1) is 10.3. The van der Waals surface area contributed by atoms with E-state index >= 15 is 0 Å². The summed E-state index contributed by atoms with van der Waals surface area (Å²) in [6.45, 7) is 7.73. The van der Waals surface area contributed by atoms with Crippen molar-refractivity contribution < 1.29 is 5.11 Å². The number of aliphatic hydroxyl groups is 1. The van der Waals surface area contributed by atoms with E-state index in [0.29, 0.717) is 0 Å². The average molecular weight is 152 g/mol. The molecule has 0 heterocycles. The van der Waals surface area contributed by atoms with E-state index in [0.717, 1.165) is 5.57 Å². The third kappa shape index (κ3) is 3.85. The Hall–Kier alpha value is -0.740. The standard InChI is InChI=1S/C10H16O/c1-6-8(2)7-9(11)10(3,4)5/h1,7,9,11H,2-5H3/b8-7+. The molecule has 0 amide bonds. The zero-order valence-electron chi connectivity index (χ0n) is 7.68. The van der Waals surface area contributed by atoms with Gasteiger partial charge in [-0.3, -0.25) is 0 Å². The minimum absolute atomic E-state index is 0.127. The lowest BCUT2D eigenvalue weighted by atomic mass is 9.88. The first-order valence-corrected chi connectivity index (χ1v) is 3.71. The number of rotatable bonds is 1. The van der Waals surface area contributed by atoms with Crippen LogP contribution in [0.25, 0.3) is 0 Å². The molecule has 0 saturated heterocycles. The molecule has 62 valence electrons. The number of allylic oxidation sites excluding steroid dienone is 1. The summed E-state index contributed by atoms with van der Waals surface area (Å²) in [5, 5.41) is 9.52. The Morgan fingerprint density at radius 2 is 2.00 bits per heavy atom. The second-order valence-corrected chi connectivity index (χ2v) is 3.80. The van der Waals surface area contributed by atoms with Crippen molar-refractivity contribution in [2.24, 2.45) is 5.41 Å². The monoisotopic (exact) mass is 152 g/mol. The van der Waals surface area contributed by atoms with Crippen LogP contribution in [0, 0.1) is 17.8 Å². The summed E-state index contributed by atoms with van der Waals surface area (Å²) < 4.78 is 0. The molecule has 0 bridgehead atoms. The van der Waals surface area contributed by atoms with E-state index < -0.39 is 6.10 Å². The molecule has 0 aromatic rings. The smallest absolute Gasteiger partial charge is 0.0780 e. The fraction of sp³-hybridized carbons (Fsp3) is 0.600. The van der Waals surface area contributed by atoms with Gasteiger partial charge < -0.3 is 5.11 Å². The van der Waals surface area contributed by atoms with Crippen LogP contribution < -0.4 is 0 Å². The van der Waals surface area contributed by atoms with Crippen molar-refractivity contribution in [2.75, 3.05) is 0 Å². The molecule has 1 nitrogen and oxygen atoms in total. The van der Waals surface area contributed by atoms with Crippen molar-refractivity contribution in [3.8, 4) is 12.3 Å². The summed E-state index contributed by atoms with van der Waals surface area (Å²) in [6, 6.07) is 0. The molecule has 0 rings (SSSR count). The van der Waals surface area contributed by atoms with Gasteiger partial charge in [-0.1, -0.05) is 26.7 Å². The molecule has 1 heteroatoms. The summed E-state index contributed by atoms with van der Waals surface area (Å²) in [6.07, 6.45) is 6.38. The van der Waals surface area contributed by atoms with E-state index in [1.165, 1.54) is 0 Å². The van der Waals surface area contributed by atoms with Crippen LogP contribution in [0.5, 0.6) is 0 Å². The van der Waals surface area contributed by atoms with E-state index in [1.54, 1.807) is 6.08 Å². The molecule has 0 aromatic heterocycles. The van der Waals surface area contributed by atoms with E-state index in [1.807, 2.05) is 27.7 Å². The van der Waals surface area contributed by atoms with Crippen LogP contribution in [0.3, 0.4) is 0 Å². The van der Waals surface area contributed by atoms with Gasteiger partial charge in [-0.15, -0.1) is 6.42 Å². The average Bonchev–Trinajstić information content (AvgIpc) is 1.85. The predicted molar refractivity (Wildman–Crippen MR) is 48.1 cm³/mol. The normalized spacial score (nSPS) is 15.8.